The van der Waals surface area contributed by atoms with Crippen LogP contribution in [0.2, 0.25) is 0 Å². The Morgan fingerprint density at radius 1 is 1.15 bits per heavy atom. The summed E-state index contributed by atoms with van der Waals surface area (Å²) in [5.74, 6) is 1.89. The number of likely N-dealkylation sites (tertiary alicyclic amines) is 1. The van der Waals surface area contributed by atoms with Crippen molar-refractivity contribution in [3.63, 3.8) is 0 Å². The van der Waals surface area contributed by atoms with E-state index >= 15 is 0 Å². The standard InChI is InChI=1S/C23H30N2O2/c1-16-20-13-21(24-14-18(20)10-11-22(16)27-2)19-9-6-12-25(15-19)23(26)17-7-4-3-5-8-17/h10-11,13-14,17,19H,3-9,12,15H2,1-2H3. The molecule has 1 saturated heterocycles. The normalized spacial score (nSPS) is 21.4. The van der Waals surface area contributed by atoms with Crippen LogP contribution in [0.3, 0.4) is 0 Å². The Morgan fingerprint density at radius 3 is 2.74 bits per heavy atom. The Balaban J connectivity index is 1.55. The Morgan fingerprint density at radius 2 is 1.96 bits per heavy atom. The van der Waals surface area contributed by atoms with Crippen molar-refractivity contribution in [1.29, 1.82) is 0 Å². The third kappa shape index (κ3) is 3.67. The second-order valence-electron chi connectivity index (χ2n) is 8.18. The smallest absolute Gasteiger partial charge is 0.225 e. The van der Waals surface area contributed by atoms with Crippen LogP contribution in [0.25, 0.3) is 10.8 Å². The van der Waals surface area contributed by atoms with E-state index in [4.69, 9.17) is 9.72 Å². The highest BCUT2D eigenvalue weighted by atomic mass is 16.5. The lowest BCUT2D eigenvalue weighted by Crippen LogP contribution is -2.43. The highest BCUT2D eigenvalue weighted by Crippen LogP contribution is 2.33. The molecule has 4 rings (SSSR count). The number of carbonyl (C=O) groups excluding carboxylic acids is 1. The summed E-state index contributed by atoms with van der Waals surface area (Å²) in [5.41, 5.74) is 2.27. The average Bonchev–Trinajstić information content (AvgIpc) is 2.74. The maximum Gasteiger partial charge on any atom is 0.225 e. The minimum absolute atomic E-state index is 0.258. The van der Waals surface area contributed by atoms with Crippen LogP contribution in [-0.4, -0.2) is 36.0 Å². The number of hydrogen-bond donors (Lipinski definition) is 0. The maximum absolute atomic E-state index is 13.0. The first kappa shape index (κ1) is 18.3. The lowest BCUT2D eigenvalue weighted by molar-refractivity contribution is -0.137. The van der Waals surface area contributed by atoms with Gasteiger partial charge in [-0.15, -0.1) is 0 Å². The molecule has 1 atom stereocenters. The molecule has 4 heteroatoms. The fourth-order valence-electron chi connectivity index (χ4n) is 4.83. The molecule has 1 aliphatic heterocycles. The molecule has 2 heterocycles. The largest absolute Gasteiger partial charge is 0.496 e. The Labute approximate surface area is 161 Å². The number of aryl methyl sites for hydroxylation is 1. The molecular formula is C23H30N2O2. The summed E-state index contributed by atoms with van der Waals surface area (Å²) in [4.78, 5) is 19.8. The molecule has 1 aliphatic carbocycles. The SMILES string of the molecule is COc1ccc2cnc(C3CCCN(C(=O)C4CCCCC4)C3)cc2c1C. The quantitative estimate of drug-likeness (QED) is 0.781. The molecule has 1 aromatic carbocycles. The van der Waals surface area contributed by atoms with Gasteiger partial charge in [0.2, 0.25) is 5.91 Å². The summed E-state index contributed by atoms with van der Waals surface area (Å²) in [5, 5.41) is 2.35. The summed E-state index contributed by atoms with van der Waals surface area (Å²) >= 11 is 0. The van der Waals surface area contributed by atoms with Crippen molar-refractivity contribution in [2.24, 2.45) is 5.92 Å². The molecule has 2 aliphatic rings. The number of rotatable bonds is 3. The fraction of sp³-hybridized carbons (Fsp3) is 0.565. The first-order valence-corrected chi connectivity index (χ1v) is 10.4. The summed E-state index contributed by atoms with van der Waals surface area (Å²) < 4.78 is 5.48. The molecule has 0 N–H and O–H groups in total. The number of benzene rings is 1. The lowest BCUT2D eigenvalue weighted by Gasteiger charge is -2.35. The predicted octanol–water partition coefficient (Wildman–Crippen LogP) is 4.84. The van der Waals surface area contributed by atoms with Gasteiger partial charge in [0, 0.05) is 42.2 Å². The molecule has 27 heavy (non-hydrogen) atoms. The lowest BCUT2D eigenvalue weighted by atomic mass is 9.86. The Hall–Kier alpha value is -2.10. The number of piperidine rings is 1. The van der Waals surface area contributed by atoms with Gasteiger partial charge in [-0.3, -0.25) is 9.78 Å². The summed E-state index contributed by atoms with van der Waals surface area (Å²) in [6.07, 6.45) is 10.0. The van der Waals surface area contributed by atoms with Crippen LogP contribution in [0.15, 0.2) is 24.4 Å². The Bertz CT molecular complexity index is 826. The molecule has 144 valence electrons. The molecule has 0 bridgehead atoms. The first-order valence-electron chi connectivity index (χ1n) is 10.4. The van der Waals surface area contributed by atoms with Crippen molar-refractivity contribution in [3.8, 4) is 5.75 Å². The molecule has 1 unspecified atom stereocenters. The second kappa shape index (κ2) is 7.87. The number of amides is 1. The molecule has 1 amide bonds. The number of pyridine rings is 1. The van der Waals surface area contributed by atoms with E-state index in [-0.39, 0.29) is 5.92 Å². The summed E-state index contributed by atoms with van der Waals surface area (Å²) in [7, 11) is 1.71. The maximum atomic E-state index is 13.0. The van der Waals surface area contributed by atoms with E-state index in [0.717, 1.165) is 61.2 Å². The molecule has 0 spiro atoms. The van der Waals surface area contributed by atoms with Crippen LogP contribution < -0.4 is 4.74 Å². The van der Waals surface area contributed by atoms with E-state index in [1.807, 2.05) is 12.3 Å². The van der Waals surface area contributed by atoms with Gasteiger partial charge in [-0.05, 0) is 61.8 Å². The van der Waals surface area contributed by atoms with Gasteiger partial charge in [-0.2, -0.15) is 0 Å². The van der Waals surface area contributed by atoms with Gasteiger partial charge in [-0.1, -0.05) is 19.3 Å². The zero-order valence-corrected chi connectivity index (χ0v) is 16.5. The van der Waals surface area contributed by atoms with Crippen LogP contribution >= 0.6 is 0 Å². The third-order valence-electron chi connectivity index (χ3n) is 6.47. The third-order valence-corrected chi connectivity index (χ3v) is 6.47. The van der Waals surface area contributed by atoms with Gasteiger partial charge >= 0.3 is 0 Å². The summed E-state index contributed by atoms with van der Waals surface area (Å²) in [6, 6.07) is 6.29. The molecule has 2 fully saturated rings. The number of methoxy groups -OCH3 is 1. The number of nitrogens with zero attached hydrogens (tertiary/aromatic N) is 2. The average molecular weight is 367 g/mol. The van der Waals surface area contributed by atoms with Crippen molar-refractivity contribution < 1.29 is 9.53 Å². The predicted molar refractivity (Wildman–Crippen MR) is 108 cm³/mol. The highest BCUT2D eigenvalue weighted by Gasteiger charge is 2.30. The van der Waals surface area contributed by atoms with Gasteiger partial charge in [0.15, 0.2) is 0 Å². The van der Waals surface area contributed by atoms with Crippen molar-refractivity contribution in [2.45, 2.75) is 57.8 Å². The van der Waals surface area contributed by atoms with Crippen LogP contribution in [-0.2, 0) is 4.79 Å². The minimum Gasteiger partial charge on any atom is -0.496 e. The number of hydrogen-bond acceptors (Lipinski definition) is 3. The summed E-state index contributed by atoms with van der Waals surface area (Å²) in [6.45, 7) is 3.83. The Kier molecular flexibility index (Phi) is 5.33. The minimum atomic E-state index is 0.258. The number of aromatic nitrogens is 1. The fourth-order valence-corrected chi connectivity index (χ4v) is 4.83. The van der Waals surface area contributed by atoms with Crippen LogP contribution in [0.4, 0.5) is 0 Å². The van der Waals surface area contributed by atoms with Gasteiger partial charge in [0.05, 0.1) is 7.11 Å². The molecule has 0 radical (unpaired) electrons. The number of ether oxygens (including phenoxy) is 1. The second-order valence-corrected chi connectivity index (χ2v) is 8.18. The topological polar surface area (TPSA) is 42.4 Å². The van der Waals surface area contributed by atoms with Crippen molar-refractivity contribution >= 4 is 16.7 Å². The number of fused-ring (bicyclic) bond motifs is 1. The van der Waals surface area contributed by atoms with E-state index in [0.29, 0.717) is 11.8 Å². The van der Waals surface area contributed by atoms with E-state index in [2.05, 4.69) is 24.0 Å². The van der Waals surface area contributed by atoms with E-state index in [1.54, 1.807) is 7.11 Å². The van der Waals surface area contributed by atoms with Gasteiger partial charge in [0.25, 0.3) is 0 Å². The van der Waals surface area contributed by atoms with Crippen LogP contribution in [0, 0.1) is 12.8 Å². The van der Waals surface area contributed by atoms with Crippen LogP contribution in [0.1, 0.15) is 62.1 Å². The van der Waals surface area contributed by atoms with Gasteiger partial charge in [-0.25, -0.2) is 0 Å². The van der Waals surface area contributed by atoms with E-state index in [9.17, 15) is 4.79 Å². The highest BCUT2D eigenvalue weighted by molar-refractivity contribution is 5.87. The zero-order valence-electron chi connectivity index (χ0n) is 16.5. The molecule has 4 nitrogen and oxygen atoms in total. The molecule has 1 aromatic heterocycles. The molecular weight excluding hydrogens is 336 g/mol. The van der Waals surface area contributed by atoms with E-state index < -0.39 is 0 Å². The van der Waals surface area contributed by atoms with Crippen LogP contribution in [0.5, 0.6) is 5.75 Å². The van der Waals surface area contributed by atoms with Gasteiger partial charge < -0.3 is 9.64 Å². The monoisotopic (exact) mass is 366 g/mol. The zero-order chi connectivity index (χ0) is 18.8. The van der Waals surface area contributed by atoms with Crippen molar-refractivity contribution in [3.05, 3.63) is 35.7 Å². The van der Waals surface area contributed by atoms with Crippen molar-refractivity contribution in [2.75, 3.05) is 20.2 Å². The molecule has 2 aromatic rings. The van der Waals surface area contributed by atoms with Gasteiger partial charge in [0.1, 0.15) is 5.75 Å². The molecule has 1 saturated carbocycles. The first-order chi connectivity index (χ1) is 13.2. The number of carbonyl (C=O) groups is 1. The van der Waals surface area contributed by atoms with E-state index in [1.165, 1.54) is 24.6 Å². The van der Waals surface area contributed by atoms with Crippen molar-refractivity contribution in [1.82, 2.24) is 9.88 Å².